The minimum Gasteiger partial charge on any atom is -0.394 e. The van der Waals surface area contributed by atoms with E-state index in [0.29, 0.717) is 0 Å². The number of azide groups is 1. The van der Waals surface area contributed by atoms with Crippen molar-refractivity contribution >= 4 is 0 Å². The van der Waals surface area contributed by atoms with Gasteiger partial charge in [0.05, 0.1) is 12.6 Å². The number of hydrogen-bond donors (Lipinski definition) is 2. The van der Waals surface area contributed by atoms with Crippen LogP contribution in [0.2, 0.25) is 0 Å². The molecule has 0 aromatic carbocycles. The van der Waals surface area contributed by atoms with Crippen molar-refractivity contribution in [1.29, 1.82) is 0 Å². The van der Waals surface area contributed by atoms with E-state index in [2.05, 4.69) is 10.0 Å². The Bertz CT molecular complexity index is 344. The maximum absolute atomic E-state index is 9.57. The van der Waals surface area contributed by atoms with Gasteiger partial charge >= 0.3 is 0 Å². The van der Waals surface area contributed by atoms with E-state index in [-0.39, 0.29) is 0 Å². The highest BCUT2D eigenvalue weighted by Gasteiger charge is 2.55. The average molecular weight is 245 g/mol. The lowest BCUT2D eigenvalue weighted by Gasteiger charge is -2.25. The molecule has 0 amide bonds. The van der Waals surface area contributed by atoms with Crippen LogP contribution in [0.1, 0.15) is 13.8 Å². The number of fused-ring (bicyclic) bond motifs is 1. The van der Waals surface area contributed by atoms with E-state index >= 15 is 0 Å². The van der Waals surface area contributed by atoms with E-state index in [1.165, 1.54) is 0 Å². The van der Waals surface area contributed by atoms with Crippen LogP contribution in [0.15, 0.2) is 5.11 Å². The number of nitrogens with zero attached hydrogens (tertiary/aromatic N) is 3. The predicted octanol–water partition coefficient (Wildman–Crippen LogP) is -0.105. The summed E-state index contributed by atoms with van der Waals surface area (Å²) in [5.74, 6) is -0.812. The normalized spacial score (nSPS) is 40.7. The van der Waals surface area contributed by atoms with E-state index in [9.17, 15) is 5.11 Å². The first-order valence-corrected chi connectivity index (χ1v) is 5.33. The Balaban J connectivity index is 2.18. The van der Waals surface area contributed by atoms with Gasteiger partial charge in [-0.2, -0.15) is 0 Å². The van der Waals surface area contributed by atoms with Crippen molar-refractivity contribution in [1.82, 2.24) is 0 Å². The third-order valence-electron chi connectivity index (χ3n) is 2.80. The van der Waals surface area contributed by atoms with Gasteiger partial charge in [0, 0.05) is 4.91 Å². The van der Waals surface area contributed by atoms with Gasteiger partial charge in [-0.3, -0.25) is 0 Å². The highest BCUT2D eigenvalue weighted by Crippen LogP contribution is 2.39. The predicted molar refractivity (Wildman–Crippen MR) is 54.7 cm³/mol. The Morgan fingerprint density at radius 3 is 2.76 bits per heavy atom. The minimum atomic E-state index is -1.13. The number of rotatable bonds is 3. The van der Waals surface area contributed by atoms with Crippen LogP contribution in [0.25, 0.3) is 10.4 Å². The Kier molecular flexibility index (Phi) is 3.26. The molecule has 2 aliphatic rings. The lowest BCUT2D eigenvalue weighted by Crippen LogP contribution is -2.41. The van der Waals surface area contributed by atoms with Crippen molar-refractivity contribution in [2.45, 2.75) is 50.3 Å². The molecule has 2 fully saturated rings. The van der Waals surface area contributed by atoms with Crippen LogP contribution in [0, 0.1) is 0 Å². The second-order valence-corrected chi connectivity index (χ2v) is 4.51. The Labute approximate surface area is 97.7 Å². The number of aliphatic hydroxyl groups excluding tert-OH is 2. The molecular formula is C9H15N3O5. The first-order chi connectivity index (χ1) is 7.98. The fourth-order valence-corrected chi connectivity index (χ4v) is 2.13. The fraction of sp³-hybridized carbons (Fsp3) is 1.00. The van der Waals surface area contributed by atoms with Crippen LogP contribution in [-0.2, 0) is 14.2 Å². The molecule has 8 heteroatoms. The molecule has 0 aliphatic carbocycles. The molecule has 2 rings (SSSR count). The zero-order chi connectivity index (χ0) is 12.6. The quantitative estimate of drug-likeness (QED) is 0.409. The molecule has 5 atom stereocenters. The molecule has 0 radical (unpaired) electrons. The van der Waals surface area contributed by atoms with Crippen LogP contribution in [0.3, 0.4) is 0 Å². The van der Waals surface area contributed by atoms with Gasteiger partial charge in [0.1, 0.15) is 18.3 Å². The SMILES string of the molecule is CC1(C)OC2O[C@H]([C@H](O)CO)[C@@H](N=[N+]=[N-])[C@H]2O1. The van der Waals surface area contributed by atoms with Gasteiger partial charge in [0.25, 0.3) is 0 Å². The molecule has 0 aromatic heterocycles. The highest BCUT2D eigenvalue weighted by atomic mass is 16.8. The van der Waals surface area contributed by atoms with Crippen molar-refractivity contribution in [3.8, 4) is 0 Å². The topological polar surface area (TPSA) is 117 Å². The molecule has 2 aliphatic heterocycles. The first kappa shape index (κ1) is 12.6. The van der Waals surface area contributed by atoms with Gasteiger partial charge in [0.15, 0.2) is 12.1 Å². The lowest BCUT2D eigenvalue weighted by molar-refractivity contribution is -0.217. The van der Waals surface area contributed by atoms with Gasteiger partial charge in [-0.1, -0.05) is 5.11 Å². The van der Waals surface area contributed by atoms with Crippen molar-refractivity contribution in [2.75, 3.05) is 6.61 Å². The standard InChI is InChI=1S/C9H15N3O5/c1-9(2)16-7-5(11-12-10)6(4(14)3-13)15-8(7)17-9/h4-8,13-14H,3H2,1-2H3/t4-,5-,6-,7-,8?/m1/s1. The summed E-state index contributed by atoms with van der Waals surface area (Å²) < 4.78 is 16.4. The lowest BCUT2D eigenvalue weighted by atomic mass is 10.0. The van der Waals surface area contributed by atoms with E-state index < -0.39 is 43.0 Å². The third kappa shape index (κ3) is 2.23. The molecule has 0 spiro atoms. The monoisotopic (exact) mass is 245 g/mol. The van der Waals surface area contributed by atoms with Gasteiger partial charge < -0.3 is 24.4 Å². The van der Waals surface area contributed by atoms with E-state index in [1.54, 1.807) is 13.8 Å². The molecule has 0 aromatic rings. The Morgan fingerprint density at radius 1 is 1.47 bits per heavy atom. The summed E-state index contributed by atoms with van der Waals surface area (Å²) in [6, 6.07) is -0.714. The first-order valence-electron chi connectivity index (χ1n) is 5.33. The maximum atomic E-state index is 9.57. The molecule has 96 valence electrons. The maximum Gasteiger partial charge on any atom is 0.188 e. The van der Waals surface area contributed by atoms with Crippen molar-refractivity contribution in [3.63, 3.8) is 0 Å². The summed E-state index contributed by atoms with van der Waals surface area (Å²) in [6.45, 7) is 2.96. The summed E-state index contributed by atoms with van der Waals surface area (Å²) in [6.07, 6.45) is -3.20. The molecular weight excluding hydrogens is 230 g/mol. The van der Waals surface area contributed by atoms with Crippen LogP contribution in [0.5, 0.6) is 0 Å². The molecule has 17 heavy (non-hydrogen) atoms. The molecule has 2 saturated heterocycles. The summed E-state index contributed by atoms with van der Waals surface area (Å²) in [5.41, 5.74) is 8.51. The Morgan fingerprint density at radius 2 is 2.18 bits per heavy atom. The number of ether oxygens (including phenoxy) is 3. The summed E-state index contributed by atoms with van der Waals surface area (Å²) in [5, 5.41) is 22.0. The van der Waals surface area contributed by atoms with Crippen LogP contribution >= 0.6 is 0 Å². The largest absolute Gasteiger partial charge is 0.394 e. The molecule has 1 unspecified atom stereocenters. The van der Waals surface area contributed by atoms with Gasteiger partial charge in [-0.25, -0.2) is 0 Å². The van der Waals surface area contributed by atoms with E-state index in [1.807, 2.05) is 0 Å². The van der Waals surface area contributed by atoms with Crippen LogP contribution < -0.4 is 0 Å². The number of hydrogen-bond acceptors (Lipinski definition) is 6. The zero-order valence-corrected chi connectivity index (χ0v) is 9.55. The van der Waals surface area contributed by atoms with Crippen molar-refractivity contribution in [3.05, 3.63) is 10.4 Å². The highest BCUT2D eigenvalue weighted by molar-refractivity contribution is 5.00. The molecule has 0 bridgehead atoms. The van der Waals surface area contributed by atoms with Crippen LogP contribution in [0.4, 0.5) is 0 Å². The summed E-state index contributed by atoms with van der Waals surface area (Å²) in [4.78, 5) is 2.71. The molecule has 8 nitrogen and oxygen atoms in total. The van der Waals surface area contributed by atoms with E-state index in [4.69, 9.17) is 24.8 Å². The fourth-order valence-electron chi connectivity index (χ4n) is 2.13. The van der Waals surface area contributed by atoms with Crippen LogP contribution in [-0.4, -0.2) is 53.3 Å². The molecule has 2 heterocycles. The second-order valence-electron chi connectivity index (χ2n) is 4.51. The van der Waals surface area contributed by atoms with Crippen molar-refractivity contribution < 1.29 is 24.4 Å². The third-order valence-corrected chi connectivity index (χ3v) is 2.80. The smallest absolute Gasteiger partial charge is 0.188 e. The van der Waals surface area contributed by atoms with Gasteiger partial charge in [-0.05, 0) is 19.4 Å². The Hall–Kier alpha value is -0.890. The molecule has 0 saturated carbocycles. The van der Waals surface area contributed by atoms with Gasteiger partial charge in [-0.15, -0.1) is 0 Å². The van der Waals surface area contributed by atoms with E-state index in [0.717, 1.165) is 0 Å². The number of aliphatic hydroxyl groups is 2. The zero-order valence-electron chi connectivity index (χ0n) is 9.55. The second kappa shape index (κ2) is 4.41. The van der Waals surface area contributed by atoms with Gasteiger partial charge in [0.2, 0.25) is 0 Å². The summed E-state index contributed by atoms with van der Waals surface area (Å²) >= 11 is 0. The summed E-state index contributed by atoms with van der Waals surface area (Å²) in [7, 11) is 0. The van der Waals surface area contributed by atoms with Crippen molar-refractivity contribution in [2.24, 2.45) is 5.11 Å². The molecule has 2 N–H and O–H groups in total. The average Bonchev–Trinajstić information content (AvgIpc) is 2.72. The minimum absolute atomic E-state index is 0.481.